The molecule has 0 bridgehead atoms. The molecule has 8 amide bonds. The van der Waals surface area contributed by atoms with E-state index in [2.05, 4.69) is 60.6 Å². The number of carbonyl (C=O) groups is 13. The van der Waals surface area contributed by atoms with E-state index >= 15 is 0 Å². The molecule has 7 aromatic carbocycles. The fourth-order valence-corrected chi connectivity index (χ4v) is 24.0. The Kier molecular flexibility index (Phi) is 35.7. The number of Topliss-reactive ketones (excluding diaryl/α,β-unsaturated/α-hetero) is 1. The van der Waals surface area contributed by atoms with Crippen LogP contribution in [0.4, 0.5) is 0 Å². The third-order valence-electron chi connectivity index (χ3n) is 24.3. The van der Waals surface area contributed by atoms with Crippen molar-refractivity contribution in [1.82, 2.24) is 40.9 Å². The third-order valence-corrected chi connectivity index (χ3v) is 29.6. The number of rotatable bonds is 34. The number of β-lactam (4-membered cyclic amide) rings is 4. The second kappa shape index (κ2) is 46.1. The Morgan fingerprint density at radius 3 is 1.12 bits per heavy atom. The molecule has 29 nitrogen and oxygen atoms in total. The molecular weight excluding hydrogens is 1760 g/mol. The molecule has 7 aromatic rings. The molecule has 7 aliphatic heterocycles. The average molecular weight is 1870 g/mol. The van der Waals surface area contributed by atoms with Gasteiger partial charge in [-0.05, 0) is 144 Å². The molecule has 0 saturated carbocycles. The van der Waals surface area contributed by atoms with Crippen LogP contribution < -0.4 is 71.8 Å². The molecular formula is C102H114N8NaO21PSi. The van der Waals surface area contributed by atoms with Crippen LogP contribution in [0.15, 0.2) is 243 Å². The first-order chi connectivity index (χ1) is 63.5. The minimum atomic E-state index is -3.18. The fourth-order valence-electron chi connectivity index (χ4n) is 18.4. The summed E-state index contributed by atoms with van der Waals surface area (Å²) in [4.78, 5) is 171. The number of nitrogens with zero attached hydrogens (tertiary/aromatic N) is 4. The van der Waals surface area contributed by atoms with Crippen LogP contribution in [0.5, 0.6) is 0 Å². The molecule has 0 aliphatic carbocycles. The van der Waals surface area contributed by atoms with E-state index in [1.165, 1.54) is 46.8 Å². The summed E-state index contributed by atoms with van der Waals surface area (Å²) in [6.07, 6.45) is 3.39. The number of carbonyl (C=O) groups excluding carboxylic acids is 13. The van der Waals surface area contributed by atoms with Crippen molar-refractivity contribution < 1.29 is 131 Å². The van der Waals surface area contributed by atoms with Gasteiger partial charge in [0.25, 0.3) is 0 Å². The molecule has 134 heavy (non-hydrogen) atoms. The number of ketones is 1. The van der Waals surface area contributed by atoms with Gasteiger partial charge in [-0.2, -0.15) is 0 Å². The van der Waals surface area contributed by atoms with Gasteiger partial charge in [0.1, 0.15) is 36.6 Å². The SMILES string of the molecule is C=CCOC(=O)C(N1C(=O)[C@H]([C@@H](C)O)[C@H]1CC(=O)c1cccc(CC(=O)NC)c1)=P(c1ccccc1)(c1ccccc1)c1ccccc1.C=CCOC(=O)C1=C(c2cccc(CC(=O)NC)c2)C[C@@H]2[C@@H]([C@@H](C)O)C(=O)N12.C=CCOC(=O)C1=C(c2cccc(CC(=O)NC)c2)C[C@@H]2[C@@H]([C@@H](C)O[Si](C)(C)C)C(=O)N12.CNC(=O)Cc1cccc(C2=C(C(=O)[O-])N3C(=O)[C@H]([C@@H](C)O)[C@H]3C2)c1.[Na+]. The van der Waals surface area contributed by atoms with E-state index in [1.54, 1.807) is 88.5 Å². The summed E-state index contributed by atoms with van der Waals surface area (Å²) in [5, 5.41) is 55.0. The van der Waals surface area contributed by atoms with Crippen LogP contribution >= 0.6 is 6.89 Å². The van der Waals surface area contributed by atoms with Gasteiger partial charge in [-0.25, -0.2) is 14.4 Å². The number of carboxylic acid groups (broad SMARTS) is 1. The summed E-state index contributed by atoms with van der Waals surface area (Å²) in [6, 6.07) is 55.8. The summed E-state index contributed by atoms with van der Waals surface area (Å²) < 4.78 is 22.5. The van der Waals surface area contributed by atoms with E-state index in [9.17, 15) is 82.8 Å². The Labute approximate surface area is 803 Å². The molecule has 12 atom stereocenters. The van der Waals surface area contributed by atoms with Gasteiger partial charge in [0.2, 0.25) is 47.3 Å². The zero-order chi connectivity index (χ0) is 96.6. The number of ether oxygens (including phenoxy) is 3. The van der Waals surface area contributed by atoms with Gasteiger partial charge in [-0.3, -0.25) is 43.2 Å². The van der Waals surface area contributed by atoms with E-state index in [4.69, 9.17) is 18.6 Å². The average Bonchev–Trinajstić information content (AvgIpc) is 1.16. The molecule has 0 radical (unpaired) electrons. The fraction of sp³-hybridized carbons (Fsp3) is 0.333. The predicted molar refractivity (Wildman–Crippen MR) is 504 cm³/mol. The normalized spacial score (nSPS) is 19.7. The predicted octanol–water partition coefficient (Wildman–Crippen LogP) is 3.57. The molecule has 4 saturated heterocycles. The standard InChI is InChI=1S/C39H39N2O6P.C24H32N2O5Si.C21H24N2O5.C18H20N2O5.Na/c1-4-23-47-39(46)38(48(30-17-8-5-9-18-30,31-19-10-6-11-20-31)32-21-12-7-13-22-32)41-33(36(27(2)42)37(41)45)26-34(43)29-16-14-15-28(24-29)25-35(44)40-3;1-7-11-30-24(29)22-18(17-10-8-9-16(12-17)13-20(27)25-3)14-19-21(23(28)26(19)22)15(2)31-32(4,5)6;1-4-8-28-21(27)19-15(11-16-18(12(2)24)20(26)23(16)19)14-7-5-6-13(9-14)10-17(25)22-3;1-9(21)15-13-8-12(16(18(24)25)20(13)17(15)23)11-5-3-4-10(6-11)7-14(22)19-2;/h4-22,24,27,33,36,42H,1,23,25-26H2,2-3H3,(H,40,44);7-10,12,15,19,21H,1,11,13-14H2,2-6H3,(H,25,27);4-7,9,12,16,18,24H,1,8,10-11H2,2-3H3,(H,22,25);3-6,9,13,15,21H,7-8H2,1-2H3,(H,19,22)(H,24,25);/q;;;;+1/p-1/t27-,33-,36-;15-,19-,21-;12-,16-,18-;9-,13-,15-;/m1111./s1. The van der Waals surface area contributed by atoms with Gasteiger partial charge in [0, 0.05) is 47.1 Å². The van der Waals surface area contributed by atoms with Crippen LogP contribution in [0, 0.1) is 23.7 Å². The molecule has 698 valence electrons. The molecule has 4 fully saturated rings. The molecule has 0 unspecified atom stereocenters. The summed E-state index contributed by atoms with van der Waals surface area (Å²) in [5.74, 6) is -7.68. The quantitative estimate of drug-likeness (QED) is 0.00576. The van der Waals surface area contributed by atoms with Crippen molar-refractivity contribution in [2.24, 2.45) is 23.7 Å². The minimum absolute atomic E-state index is 0. The number of aliphatic hydroxyl groups excluding tert-OH is 3. The number of hydrogen-bond acceptors (Lipinski definition) is 21. The number of amides is 8. The number of benzene rings is 7. The van der Waals surface area contributed by atoms with Crippen molar-refractivity contribution in [3.63, 3.8) is 0 Å². The summed E-state index contributed by atoms with van der Waals surface area (Å²) in [5.41, 5.74) is 8.08. The first-order valence-corrected chi connectivity index (χ1v) is 49.2. The summed E-state index contributed by atoms with van der Waals surface area (Å²) in [7, 11) is 4.44. The zero-order valence-corrected chi connectivity index (χ0v) is 81.3. The van der Waals surface area contributed by atoms with E-state index in [1.807, 2.05) is 146 Å². The van der Waals surface area contributed by atoms with Crippen LogP contribution in [0.25, 0.3) is 16.7 Å². The van der Waals surface area contributed by atoms with Crippen molar-refractivity contribution in [2.45, 2.75) is 147 Å². The third kappa shape index (κ3) is 22.7. The Hall–Kier alpha value is -12.4. The summed E-state index contributed by atoms with van der Waals surface area (Å²) in [6.45, 7) is 20.5. The second-order valence-electron chi connectivity index (χ2n) is 34.2. The zero-order valence-electron chi connectivity index (χ0n) is 77.4. The number of likely N-dealkylation sites (tertiary alicyclic amines) is 1. The minimum Gasteiger partial charge on any atom is -0.543 e. The molecule has 7 heterocycles. The van der Waals surface area contributed by atoms with E-state index in [0.717, 1.165) is 49.3 Å². The Bertz CT molecular complexity index is 5730. The number of esters is 3. The van der Waals surface area contributed by atoms with Crippen LogP contribution in [0.3, 0.4) is 0 Å². The van der Waals surface area contributed by atoms with E-state index in [0.29, 0.717) is 47.1 Å². The number of fused-ring (bicyclic) bond motifs is 3. The maximum Gasteiger partial charge on any atom is 1.00 e. The number of nitrogens with one attached hydrogen (secondary N) is 4. The molecule has 7 aliphatic rings. The molecule has 14 rings (SSSR count). The number of hydrogen-bond donors (Lipinski definition) is 7. The van der Waals surface area contributed by atoms with Crippen molar-refractivity contribution in [2.75, 3.05) is 48.0 Å². The van der Waals surface area contributed by atoms with Crippen molar-refractivity contribution in [3.8, 4) is 0 Å². The van der Waals surface area contributed by atoms with Crippen LogP contribution in [-0.2, 0) is 102 Å². The number of likely N-dealkylation sites (N-methyl/N-ethyl adjacent to an activating group) is 4. The molecule has 7 N–H and O–H groups in total. The van der Waals surface area contributed by atoms with Gasteiger partial charge in [0.15, 0.2) is 14.1 Å². The largest absolute Gasteiger partial charge is 1.00 e. The second-order valence-corrected chi connectivity index (χ2v) is 42.0. The monoisotopic (exact) mass is 1870 g/mol. The van der Waals surface area contributed by atoms with Crippen molar-refractivity contribution in [1.29, 1.82) is 0 Å². The maximum atomic E-state index is 14.5. The Morgan fingerprint density at radius 2 is 0.776 bits per heavy atom. The molecule has 0 aromatic heterocycles. The van der Waals surface area contributed by atoms with E-state index in [-0.39, 0.29) is 175 Å². The van der Waals surface area contributed by atoms with Gasteiger partial charge in [-0.15, -0.1) is 0 Å². The van der Waals surface area contributed by atoms with Crippen molar-refractivity contribution in [3.05, 3.63) is 288 Å². The maximum absolute atomic E-state index is 14.5. The number of carboxylic acids is 1. The van der Waals surface area contributed by atoms with Crippen LogP contribution in [-0.4, -0.2) is 222 Å². The summed E-state index contributed by atoms with van der Waals surface area (Å²) >= 11 is 0. The number of aliphatic carboxylic acids is 1. The van der Waals surface area contributed by atoms with Gasteiger partial charge < -0.3 is 84.7 Å². The van der Waals surface area contributed by atoms with E-state index < -0.39 is 93.0 Å². The molecule has 0 spiro atoms. The van der Waals surface area contributed by atoms with Crippen LogP contribution in [0.1, 0.15) is 103 Å². The van der Waals surface area contributed by atoms with Crippen molar-refractivity contribution >= 4 is 130 Å². The van der Waals surface area contributed by atoms with Gasteiger partial charge >= 0.3 is 47.5 Å². The van der Waals surface area contributed by atoms with Crippen LogP contribution in [0.2, 0.25) is 19.6 Å². The first kappa shape index (κ1) is 104. The number of aliphatic hydroxyl groups is 3. The topological polar surface area (TPSA) is 404 Å². The first-order valence-electron chi connectivity index (χ1n) is 44.0. The molecule has 32 heteroatoms. The van der Waals surface area contributed by atoms with Gasteiger partial charge in [-0.1, -0.05) is 220 Å². The Balaban J connectivity index is 0.000000191. The Morgan fingerprint density at radius 1 is 0.448 bits per heavy atom. The van der Waals surface area contributed by atoms with Gasteiger partial charge in [0.05, 0.1) is 110 Å². The smallest absolute Gasteiger partial charge is 0.543 e.